The van der Waals surface area contributed by atoms with E-state index in [2.05, 4.69) is 11.0 Å². The van der Waals surface area contributed by atoms with Gasteiger partial charge in [-0.05, 0) is 57.7 Å². The second-order valence-corrected chi connectivity index (χ2v) is 8.66. The van der Waals surface area contributed by atoms with E-state index in [1.165, 1.54) is 0 Å². The molecule has 2 aliphatic rings. The SMILES string of the molecule is CC1(C)Oc2ccc(C#N)cc2[C@@H](N2CCCC2O)[C@@H]1OCCCCCCCO. The van der Waals surface area contributed by atoms with Gasteiger partial charge in [-0.3, -0.25) is 4.90 Å². The molecule has 0 radical (unpaired) electrons. The van der Waals surface area contributed by atoms with Crippen LogP contribution in [0.15, 0.2) is 18.2 Å². The van der Waals surface area contributed by atoms with Gasteiger partial charge in [0.15, 0.2) is 0 Å². The molecule has 29 heavy (non-hydrogen) atoms. The Balaban J connectivity index is 1.79. The number of likely N-dealkylation sites (tertiary alicyclic amines) is 1. The van der Waals surface area contributed by atoms with E-state index in [4.69, 9.17) is 14.6 Å². The first-order valence-corrected chi connectivity index (χ1v) is 10.9. The highest BCUT2D eigenvalue weighted by molar-refractivity contribution is 5.46. The van der Waals surface area contributed by atoms with E-state index in [-0.39, 0.29) is 18.8 Å². The molecule has 3 rings (SSSR count). The molecule has 0 saturated carbocycles. The van der Waals surface area contributed by atoms with Gasteiger partial charge in [-0.2, -0.15) is 5.26 Å². The molecule has 1 saturated heterocycles. The Bertz CT molecular complexity index is 715. The third-order valence-corrected chi connectivity index (χ3v) is 6.02. The van der Waals surface area contributed by atoms with Crippen molar-refractivity contribution in [3.63, 3.8) is 0 Å². The van der Waals surface area contributed by atoms with E-state index >= 15 is 0 Å². The number of ether oxygens (including phenoxy) is 2. The lowest BCUT2D eigenvalue weighted by Gasteiger charge is -2.48. The molecule has 0 aromatic heterocycles. The van der Waals surface area contributed by atoms with E-state index in [0.717, 1.165) is 62.8 Å². The van der Waals surface area contributed by atoms with Crippen LogP contribution in [0, 0.1) is 11.3 Å². The number of fused-ring (bicyclic) bond motifs is 1. The summed E-state index contributed by atoms with van der Waals surface area (Å²) in [5.74, 6) is 0.766. The van der Waals surface area contributed by atoms with E-state index in [1.54, 1.807) is 6.07 Å². The monoisotopic (exact) mass is 402 g/mol. The third kappa shape index (κ3) is 5.10. The van der Waals surface area contributed by atoms with Gasteiger partial charge in [0.1, 0.15) is 23.7 Å². The smallest absolute Gasteiger partial charge is 0.131 e. The molecule has 1 unspecified atom stereocenters. The molecule has 3 atom stereocenters. The Morgan fingerprint density at radius 2 is 2.00 bits per heavy atom. The number of hydrogen-bond donors (Lipinski definition) is 2. The van der Waals surface area contributed by atoms with Crippen molar-refractivity contribution in [2.45, 2.75) is 82.8 Å². The molecule has 1 aromatic rings. The minimum absolute atomic E-state index is 0.145. The van der Waals surface area contributed by atoms with Crippen molar-refractivity contribution in [2.24, 2.45) is 0 Å². The number of benzene rings is 1. The zero-order valence-corrected chi connectivity index (χ0v) is 17.6. The van der Waals surface area contributed by atoms with Crippen LogP contribution in [-0.4, -0.2) is 52.8 Å². The lowest BCUT2D eigenvalue weighted by Crippen LogP contribution is -2.55. The summed E-state index contributed by atoms with van der Waals surface area (Å²) in [6.45, 7) is 5.77. The number of nitrogens with zero attached hydrogens (tertiary/aromatic N) is 2. The Hall–Kier alpha value is -1.65. The molecule has 6 nitrogen and oxygen atoms in total. The normalized spacial score (nSPS) is 26.0. The van der Waals surface area contributed by atoms with Gasteiger partial charge in [0.25, 0.3) is 0 Å². The van der Waals surface area contributed by atoms with Gasteiger partial charge in [0.05, 0.1) is 17.7 Å². The van der Waals surface area contributed by atoms with Crippen LogP contribution in [0.3, 0.4) is 0 Å². The molecule has 0 spiro atoms. The highest BCUT2D eigenvalue weighted by Gasteiger charge is 2.49. The molecular weight excluding hydrogens is 368 g/mol. The second kappa shape index (κ2) is 9.90. The number of unbranched alkanes of at least 4 members (excludes halogenated alkanes) is 4. The average Bonchev–Trinajstić information content (AvgIpc) is 3.12. The van der Waals surface area contributed by atoms with Gasteiger partial charge >= 0.3 is 0 Å². The quantitative estimate of drug-likeness (QED) is 0.615. The molecule has 2 aliphatic heterocycles. The molecular formula is C23H34N2O4. The molecule has 0 bridgehead atoms. The highest BCUT2D eigenvalue weighted by atomic mass is 16.6. The zero-order chi connectivity index (χ0) is 20.9. The predicted octanol–water partition coefficient (Wildman–Crippen LogP) is 3.51. The van der Waals surface area contributed by atoms with Crippen LogP contribution in [0.25, 0.3) is 0 Å². The Labute approximate surface area is 174 Å². The summed E-state index contributed by atoms with van der Waals surface area (Å²) < 4.78 is 12.7. The summed E-state index contributed by atoms with van der Waals surface area (Å²) in [6, 6.07) is 7.59. The van der Waals surface area contributed by atoms with Gasteiger partial charge in [-0.1, -0.05) is 19.3 Å². The van der Waals surface area contributed by atoms with E-state index in [1.807, 2.05) is 26.0 Å². The fraction of sp³-hybridized carbons (Fsp3) is 0.696. The minimum atomic E-state index is -0.551. The summed E-state index contributed by atoms with van der Waals surface area (Å²) >= 11 is 0. The fourth-order valence-electron chi connectivity index (χ4n) is 4.52. The Morgan fingerprint density at radius 1 is 1.24 bits per heavy atom. The van der Waals surface area contributed by atoms with Gasteiger partial charge in [-0.25, -0.2) is 0 Å². The van der Waals surface area contributed by atoms with Crippen LogP contribution in [-0.2, 0) is 4.74 Å². The fourth-order valence-corrected chi connectivity index (χ4v) is 4.52. The molecule has 2 N–H and O–H groups in total. The van der Waals surface area contributed by atoms with Crippen molar-refractivity contribution in [1.29, 1.82) is 5.26 Å². The van der Waals surface area contributed by atoms with Crippen molar-refractivity contribution in [3.8, 4) is 11.8 Å². The molecule has 160 valence electrons. The topological polar surface area (TPSA) is 86.0 Å². The number of rotatable bonds is 9. The summed E-state index contributed by atoms with van der Waals surface area (Å²) in [6.07, 6.45) is 5.98. The van der Waals surface area contributed by atoms with E-state index in [9.17, 15) is 10.4 Å². The standard InChI is InChI=1S/C23H34N2O4/c1-23(2)22(28-14-7-5-3-4-6-13-26)21(25-12-8-9-20(25)27)18-15-17(16-24)10-11-19(18)29-23/h10-11,15,20-22,26-27H,3-9,12-14H2,1-2H3/t20?,21-,22+/m1/s1. The van der Waals surface area contributed by atoms with Gasteiger partial charge in [0, 0.05) is 25.3 Å². The maximum absolute atomic E-state index is 10.6. The third-order valence-electron chi connectivity index (χ3n) is 6.02. The van der Waals surface area contributed by atoms with Crippen molar-refractivity contribution in [1.82, 2.24) is 4.90 Å². The molecule has 0 amide bonds. The number of hydrogen-bond acceptors (Lipinski definition) is 6. The summed E-state index contributed by atoms with van der Waals surface area (Å²) in [5, 5.41) is 28.9. The number of nitriles is 1. The summed E-state index contributed by atoms with van der Waals surface area (Å²) in [4.78, 5) is 2.11. The maximum atomic E-state index is 10.6. The average molecular weight is 403 g/mol. The van der Waals surface area contributed by atoms with Crippen LogP contribution in [0.2, 0.25) is 0 Å². The minimum Gasteiger partial charge on any atom is -0.485 e. The van der Waals surface area contributed by atoms with Crippen molar-refractivity contribution >= 4 is 0 Å². The lowest BCUT2D eigenvalue weighted by molar-refractivity contribution is -0.146. The molecule has 1 fully saturated rings. The van der Waals surface area contributed by atoms with Crippen molar-refractivity contribution in [3.05, 3.63) is 29.3 Å². The van der Waals surface area contributed by atoms with Crippen LogP contribution >= 0.6 is 0 Å². The summed E-state index contributed by atoms with van der Waals surface area (Å²) in [7, 11) is 0. The predicted molar refractivity (Wildman–Crippen MR) is 110 cm³/mol. The van der Waals surface area contributed by atoms with Crippen LogP contribution in [0.1, 0.15) is 76.0 Å². The van der Waals surface area contributed by atoms with Gasteiger partial charge in [-0.15, -0.1) is 0 Å². The highest BCUT2D eigenvalue weighted by Crippen LogP contribution is 2.46. The van der Waals surface area contributed by atoms with Gasteiger partial charge < -0.3 is 19.7 Å². The largest absolute Gasteiger partial charge is 0.485 e. The molecule has 2 heterocycles. The lowest BCUT2D eigenvalue weighted by atomic mass is 9.84. The number of aliphatic hydroxyl groups is 2. The second-order valence-electron chi connectivity index (χ2n) is 8.66. The molecule has 1 aromatic carbocycles. The van der Waals surface area contributed by atoms with E-state index < -0.39 is 11.8 Å². The van der Waals surface area contributed by atoms with E-state index in [0.29, 0.717) is 12.2 Å². The molecule has 6 heteroatoms. The Kier molecular flexibility index (Phi) is 7.53. The van der Waals surface area contributed by atoms with Crippen molar-refractivity contribution < 1.29 is 19.7 Å². The zero-order valence-electron chi connectivity index (χ0n) is 17.6. The van der Waals surface area contributed by atoms with Crippen LogP contribution < -0.4 is 4.74 Å². The summed E-state index contributed by atoms with van der Waals surface area (Å²) in [5.41, 5.74) is 0.969. The van der Waals surface area contributed by atoms with Crippen LogP contribution in [0.5, 0.6) is 5.75 Å². The first kappa shape index (κ1) is 22.0. The maximum Gasteiger partial charge on any atom is 0.131 e. The number of aliphatic hydroxyl groups excluding tert-OH is 2. The van der Waals surface area contributed by atoms with Crippen LogP contribution in [0.4, 0.5) is 0 Å². The molecule has 0 aliphatic carbocycles. The Morgan fingerprint density at radius 3 is 2.69 bits per heavy atom. The van der Waals surface area contributed by atoms with Gasteiger partial charge in [0.2, 0.25) is 0 Å². The first-order valence-electron chi connectivity index (χ1n) is 10.9. The van der Waals surface area contributed by atoms with Crippen molar-refractivity contribution in [2.75, 3.05) is 19.8 Å². The first-order chi connectivity index (χ1) is 14.0.